The van der Waals surface area contributed by atoms with Crippen LogP contribution >= 0.6 is 11.3 Å². The summed E-state index contributed by atoms with van der Waals surface area (Å²) in [5, 5.41) is 13.4. The minimum Gasteiger partial charge on any atom is -0.478 e. The SMILES string of the molecule is CCC(NCc1cccc(C(=O)O)c1)c1nc(C(F)(F)F)cs1. The van der Waals surface area contributed by atoms with Crippen LogP contribution < -0.4 is 5.32 Å². The highest BCUT2D eigenvalue weighted by Gasteiger charge is 2.34. The summed E-state index contributed by atoms with van der Waals surface area (Å²) >= 11 is 0.965. The molecule has 0 aliphatic heterocycles. The van der Waals surface area contributed by atoms with Crippen molar-refractivity contribution in [2.45, 2.75) is 32.1 Å². The lowest BCUT2D eigenvalue weighted by Crippen LogP contribution is -2.20. The first-order valence-electron chi connectivity index (χ1n) is 6.89. The molecule has 1 unspecified atom stereocenters. The zero-order valence-corrected chi connectivity index (χ0v) is 13.0. The van der Waals surface area contributed by atoms with Crippen molar-refractivity contribution in [3.63, 3.8) is 0 Å². The van der Waals surface area contributed by atoms with Crippen molar-refractivity contribution in [2.24, 2.45) is 0 Å². The Hall–Kier alpha value is -1.93. The smallest absolute Gasteiger partial charge is 0.434 e. The van der Waals surface area contributed by atoms with E-state index in [1.807, 2.05) is 6.92 Å². The molecule has 4 nitrogen and oxygen atoms in total. The Morgan fingerprint density at radius 1 is 1.43 bits per heavy atom. The lowest BCUT2D eigenvalue weighted by atomic mass is 10.1. The first-order valence-corrected chi connectivity index (χ1v) is 7.77. The van der Waals surface area contributed by atoms with Gasteiger partial charge in [0, 0.05) is 11.9 Å². The normalized spacial score (nSPS) is 13.0. The summed E-state index contributed by atoms with van der Waals surface area (Å²) < 4.78 is 37.8. The second-order valence-electron chi connectivity index (χ2n) is 4.92. The summed E-state index contributed by atoms with van der Waals surface area (Å²) in [7, 11) is 0. The highest BCUT2D eigenvalue weighted by Crippen LogP contribution is 2.32. The summed E-state index contributed by atoms with van der Waals surface area (Å²) in [6, 6.07) is 6.09. The van der Waals surface area contributed by atoms with Gasteiger partial charge < -0.3 is 10.4 Å². The fraction of sp³-hybridized carbons (Fsp3) is 0.333. The number of carbonyl (C=O) groups is 1. The van der Waals surface area contributed by atoms with Gasteiger partial charge in [-0.25, -0.2) is 9.78 Å². The predicted molar refractivity (Wildman–Crippen MR) is 80.4 cm³/mol. The number of aromatic carboxylic acids is 1. The number of hydrogen-bond donors (Lipinski definition) is 2. The van der Waals surface area contributed by atoms with Crippen molar-refractivity contribution in [1.29, 1.82) is 0 Å². The molecule has 0 aliphatic rings. The zero-order valence-electron chi connectivity index (χ0n) is 12.2. The molecule has 8 heteroatoms. The van der Waals surface area contributed by atoms with Crippen molar-refractivity contribution < 1.29 is 23.1 Å². The molecule has 0 saturated carbocycles. The molecule has 1 heterocycles. The number of alkyl halides is 3. The summed E-state index contributed by atoms with van der Waals surface area (Å²) in [6.07, 6.45) is -3.87. The molecule has 0 aliphatic carbocycles. The third-order valence-electron chi connectivity index (χ3n) is 3.25. The first-order chi connectivity index (χ1) is 10.8. The number of carboxylic acid groups (broad SMARTS) is 1. The Morgan fingerprint density at radius 2 is 2.17 bits per heavy atom. The van der Waals surface area contributed by atoms with Crippen LogP contribution in [0.5, 0.6) is 0 Å². The van der Waals surface area contributed by atoms with E-state index in [0.29, 0.717) is 18.0 Å². The van der Waals surface area contributed by atoms with Crippen molar-refractivity contribution >= 4 is 17.3 Å². The Balaban J connectivity index is 2.07. The molecule has 2 N–H and O–H groups in total. The molecular weight excluding hydrogens is 329 g/mol. The fourth-order valence-corrected chi connectivity index (χ4v) is 3.02. The van der Waals surface area contributed by atoms with Crippen LogP contribution in [0.15, 0.2) is 29.6 Å². The number of nitrogens with one attached hydrogen (secondary N) is 1. The van der Waals surface area contributed by atoms with Gasteiger partial charge in [0.2, 0.25) is 0 Å². The minimum absolute atomic E-state index is 0.172. The van der Waals surface area contributed by atoms with E-state index in [1.165, 1.54) is 12.1 Å². The molecule has 0 saturated heterocycles. The van der Waals surface area contributed by atoms with Gasteiger partial charge in [0.25, 0.3) is 0 Å². The highest BCUT2D eigenvalue weighted by atomic mass is 32.1. The van der Waals surface area contributed by atoms with Gasteiger partial charge in [0.05, 0.1) is 11.6 Å². The summed E-state index contributed by atoms with van der Waals surface area (Å²) in [6.45, 7) is 2.19. The first kappa shape index (κ1) is 17.4. The zero-order chi connectivity index (χ0) is 17.0. The van der Waals surface area contributed by atoms with Gasteiger partial charge in [-0.15, -0.1) is 11.3 Å². The van der Waals surface area contributed by atoms with Crippen LogP contribution in [0.2, 0.25) is 0 Å². The van der Waals surface area contributed by atoms with E-state index in [4.69, 9.17) is 5.11 Å². The quantitative estimate of drug-likeness (QED) is 0.828. The van der Waals surface area contributed by atoms with Gasteiger partial charge in [0.1, 0.15) is 5.01 Å². The van der Waals surface area contributed by atoms with Gasteiger partial charge >= 0.3 is 12.1 Å². The Morgan fingerprint density at radius 3 is 2.74 bits per heavy atom. The topological polar surface area (TPSA) is 62.2 Å². The minimum atomic E-state index is -4.44. The maximum absolute atomic E-state index is 12.6. The fourth-order valence-electron chi connectivity index (χ4n) is 2.04. The molecule has 1 atom stereocenters. The number of thiazole rings is 1. The molecule has 23 heavy (non-hydrogen) atoms. The van der Waals surface area contributed by atoms with E-state index in [0.717, 1.165) is 22.3 Å². The maximum atomic E-state index is 12.6. The lowest BCUT2D eigenvalue weighted by molar-refractivity contribution is -0.140. The number of benzene rings is 1. The number of rotatable bonds is 6. The summed E-state index contributed by atoms with van der Waals surface area (Å²) in [4.78, 5) is 14.6. The van der Waals surface area contributed by atoms with Crippen LogP contribution in [0.4, 0.5) is 13.2 Å². The van der Waals surface area contributed by atoms with Crippen molar-refractivity contribution in [2.75, 3.05) is 0 Å². The molecule has 124 valence electrons. The molecule has 1 aromatic carbocycles. The monoisotopic (exact) mass is 344 g/mol. The van der Waals surface area contributed by atoms with Crippen molar-refractivity contribution in [3.8, 4) is 0 Å². The van der Waals surface area contributed by atoms with Gasteiger partial charge in [-0.3, -0.25) is 0 Å². The molecule has 0 fully saturated rings. The summed E-state index contributed by atoms with van der Waals surface area (Å²) in [5.41, 5.74) is 0.0348. The van der Waals surface area contributed by atoms with Crippen LogP contribution in [-0.4, -0.2) is 16.1 Å². The average Bonchev–Trinajstić information content (AvgIpc) is 2.98. The van der Waals surface area contributed by atoms with Crippen LogP contribution in [0.3, 0.4) is 0 Å². The van der Waals surface area contributed by atoms with E-state index in [9.17, 15) is 18.0 Å². The maximum Gasteiger partial charge on any atom is 0.434 e. The number of hydrogen-bond acceptors (Lipinski definition) is 4. The van der Waals surface area contributed by atoms with Crippen LogP contribution in [0, 0.1) is 0 Å². The number of aromatic nitrogens is 1. The van der Waals surface area contributed by atoms with Gasteiger partial charge in [-0.05, 0) is 24.1 Å². The predicted octanol–water partition coefficient (Wildman–Crippen LogP) is 4.10. The van der Waals surface area contributed by atoms with E-state index < -0.39 is 17.8 Å². The lowest BCUT2D eigenvalue weighted by Gasteiger charge is -2.14. The Bertz CT molecular complexity index is 685. The van der Waals surface area contributed by atoms with E-state index >= 15 is 0 Å². The molecule has 2 rings (SSSR count). The Labute approximate surface area is 135 Å². The standard InChI is InChI=1S/C15H15F3N2O2S/c1-2-11(13-20-12(8-23-13)15(16,17)18)19-7-9-4-3-5-10(6-9)14(21)22/h3-6,8,11,19H,2,7H2,1H3,(H,21,22). The molecule has 0 spiro atoms. The second kappa shape index (κ2) is 7.10. The van der Waals surface area contributed by atoms with Gasteiger partial charge in [-0.2, -0.15) is 13.2 Å². The van der Waals surface area contributed by atoms with Crippen LogP contribution in [0.1, 0.15) is 46.0 Å². The Kier molecular flexibility index (Phi) is 5.38. The highest BCUT2D eigenvalue weighted by molar-refractivity contribution is 7.09. The molecule has 0 bridgehead atoms. The molecular formula is C15H15F3N2O2S. The number of halogens is 3. The third kappa shape index (κ3) is 4.52. The number of nitrogens with zero attached hydrogens (tertiary/aromatic N) is 1. The van der Waals surface area contributed by atoms with Crippen molar-refractivity contribution in [1.82, 2.24) is 10.3 Å². The third-order valence-corrected chi connectivity index (χ3v) is 4.20. The van der Waals surface area contributed by atoms with Gasteiger partial charge in [-0.1, -0.05) is 19.1 Å². The summed E-state index contributed by atoms with van der Waals surface area (Å²) in [5.74, 6) is -1.02. The molecule has 0 radical (unpaired) electrons. The largest absolute Gasteiger partial charge is 0.478 e. The number of carboxylic acids is 1. The molecule has 2 aromatic rings. The molecule has 1 aromatic heterocycles. The van der Waals surface area contributed by atoms with E-state index in [1.54, 1.807) is 12.1 Å². The van der Waals surface area contributed by atoms with E-state index in [-0.39, 0.29) is 11.6 Å². The molecule has 0 amide bonds. The average molecular weight is 344 g/mol. The van der Waals surface area contributed by atoms with Crippen LogP contribution in [-0.2, 0) is 12.7 Å². The van der Waals surface area contributed by atoms with Crippen molar-refractivity contribution in [3.05, 3.63) is 51.5 Å². The van der Waals surface area contributed by atoms with Gasteiger partial charge in [0.15, 0.2) is 5.69 Å². The van der Waals surface area contributed by atoms with Crippen LogP contribution in [0.25, 0.3) is 0 Å². The second-order valence-corrected chi connectivity index (χ2v) is 5.81. The van der Waals surface area contributed by atoms with E-state index in [2.05, 4.69) is 10.3 Å².